The normalized spacial score (nSPS) is 24.0. The van der Waals surface area contributed by atoms with Crippen molar-refractivity contribution in [3.8, 4) is 5.75 Å². The molecule has 1 saturated heterocycles. The summed E-state index contributed by atoms with van der Waals surface area (Å²) in [5.41, 5.74) is 0.960. The molecule has 1 aromatic rings. The molecule has 92 valence electrons. The predicted octanol–water partition coefficient (Wildman–Crippen LogP) is 3.55. The second kappa shape index (κ2) is 4.58. The summed E-state index contributed by atoms with van der Waals surface area (Å²) in [6.07, 6.45) is 4.75. The maximum atomic E-state index is 13.5. The minimum absolute atomic E-state index is 0.205. The third kappa shape index (κ3) is 2.47. The monoisotopic (exact) mass is 299 g/mol. The standard InChI is InChI=1S/C13H15BrFNO/c14-11-7-8(15)6-10(12-2-1-5-16-12)13(11)17-9-3-4-9/h6-7,9,12,16H,1-5H2. The summed E-state index contributed by atoms with van der Waals surface area (Å²) in [4.78, 5) is 0. The van der Waals surface area contributed by atoms with E-state index in [4.69, 9.17) is 4.74 Å². The molecule has 2 fully saturated rings. The van der Waals surface area contributed by atoms with Crippen molar-refractivity contribution in [2.75, 3.05) is 6.54 Å². The fourth-order valence-electron chi connectivity index (χ4n) is 2.27. The van der Waals surface area contributed by atoms with Crippen LogP contribution in [0.4, 0.5) is 4.39 Å². The predicted molar refractivity (Wildman–Crippen MR) is 67.7 cm³/mol. The number of halogens is 2. The Bertz CT molecular complexity index is 428. The highest BCUT2D eigenvalue weighted by Gasteiger charge is 2.28. The molecule has 0 amide bonds. The molecule has 1 aliphatic heterocycles. The smallest absolute Gasteiger partial charge is 0.138 e. The second-order valence-corrected chi connectivity index (χ2v) is 5.63. The summed E-state index contributed by atoms with van der Waals surface area (Å²) in [6.45, 7) is 1.00. The van der Waals surface area contributed by atoms with Crippen LogP contribution >= 0.6 is 15.9 Å². The van der Waals surface area contributed by atoms with E-state index >= 15 is 0 Å². The van der Waals surface area contributed by atoms with Gasteiger partial charge in [0.25, 0.3) is 0 Å². The molecule has 0 aromatic heterocycles. The molecule has 1 aromatic carbocycles. The lowest BCUT2D eigenvalue weighted by Gasteiger charge is -2.18. The van der Waals surface area contributed by atoms with Crippen molar-refractivity contribution in [3.05, 3.63) is 28.0 Å². The maximum Gasteiger partial charge on any atom is 0.138 e. The van der Waals surface area contributed by atoms with Crippen LogP contribution in [0.2, 0.25) is 0 Å². The molecule has 4 heteroatoms. The van der Waals surface area contributed by atoms with Crippen LogP contribution in [-0.2, 0) is 0 Å². The van der Waals surface area contributed by atoms with Crippen LogP contribution in [0.3, 0.4) is 0 Å². The van der Waals surface area contributed by atoms with Gasteiger partial charge in [-0.1, -0.05) is 0 Å². The van der Waals surface area contributed by atoms with Crippen molar-refractivity contribution in [2.45, 2.75) is 37.8 Å². The van der Waals surface area contributed by atoms with Gasteiger partial charge in [-0.05, 0) is 60.3 Å². The number of hydrogen-bond donors (Lipinski definition) is 1. The van der Waals surface area contributed by atoms with E-state index in [1.165, 1.54) is 6.07 Å². The van der Waals surface area contributed by atoms with Crippen molar-refractivity contribution < 1.29 is 9.13 Å². The Kier molecular flexibility index (Phi) is 3.09. The Balaban J connectivity index is 1.96. The Labute approximate surface area is 109 Å². The summed E-state index contributed by atoms with van der Waals surface area (Å²) in [7, 11) is 0. The summed E-state index contributed by atoms with van der Waals surface area (Å²) in [5, 5.41) is 3.39. The van der Waals surface area contributed by atoms with Crippen LogP contribution < -0.4 is 10.1 Å². The minimum Gasteiger partial charge on any atom is -0.489 e. The van der Waals surface area contributed by atoms with Gasteiger partial charge in [0.1, 0.15) is 11.6 Å². The lowest BCUT2D eigenvalue weighted by Crippen LogP contribution is -2.15. The number of nitrogens with one attached hydrogen (secondary N) is 1. The first-order valence-corrected chi connectivity index (χ1v) is 6.92. The highest BCUT2D eigenvalue weighted by atomic mass is 79.9. The number of rotatable bonds is 3. The first-order valence-electron chi connectivity index (χ1n) is 6.13. The van der Waals surface area contributed by atoms with Gasteiger partial charge in [-0.2, -0.15) is 0 Å². The van der Waals surface area contributed by atoms with Crippen LogP contribution in [0.15, 0.2) is 16.6 Å². The second-order valence-electron chi connectivity index (χ2n) is 4.77. The number of benzene rings is 1. The van der Waals surface area contributed by atoms with Crippen molar-refractivity contribution in [1.29, 1.82) is 0 Å². The van der Waals surface area contributed by atoms with Gasteiger partial charge in [0, 0.05) is 11.6 Å². The van der Waals surface area contributed by atoms with E-state index in [0.29, 0.717) is 6.10 Å². The van der Waals surface area contributed by atoms with Crippen molar-refractivity contribution >= 4 is 15.9 Å². The van der Waals surface area contributed by atoms with Gasteiger partial charge in [0.15, 0.2) is 0 Å². The van der Waals surface area contributed by atoms with Crippen LogP contribution in [0.25, 0.3) is 0 Å². The third-order valence-corrected chi connectivity index (χ3v) is 3.87. The zero-order valence-electron chi connectivity index (χ0n) is 9.51. The van der Waals surface area contributed by atoms with Gasteiger partial charge in [0.05, 0.1) is 10.6 Å². The number of ether oxygens (including phenoxy) is 1. The first kappa shape index (κ1) is 11.5. The van der Waals surface area contributed by atoms with E-state index in [2.05, 4.69) is 21.2 Å². The lowest BCUT2D eigenvalue weighted by atomic mass is 10.0. The van der Waals surface area contributed by atoms with Crippen molar-refractivity contribution in [2.24, 2.45) is 0 Å². The molecule has 1 atom stereocenters. The van der Waals surface area contributed by atoms with E-state index in [9.17, 15) is 4.39 Å². The Morgan fingerprint density at radius 1 is 1.29 bits per heavy atom. The fourth-order valence-corrected chi connectivity index (χ4v) is 2.81. The molecule has 1 unspecified atom stereocenters. The average molecular weight is 300 g/mol. The summed E-state index contributed by atoms with van der Waals surface area (Å²) >= 11 is 3.41. The van der Waals surface area contributed by atoms with Crippen LogP contribution in [0.5, 0.6) is 5.75 Å². The topological polar surface area (TPSA) is 21.3 Å². The molecule has 1 N–H and O–H groups in total. The molecule has 0 spiro atoms. The van der Waals surface area contributed by atoms with E-state index < -0.39 is 0 Å². The van der Waals surface area contributed by atoms with Gasteiger partial charge in [-0.25, -0.2) is 4.39 Å². The van der Waals surface area contributed by atoms with Crippen molar-refractivity contribution in [1.82, 2.24) is 5.32 Å². The van der Waals surface area contributed by atoms with E-state index in [0.717, 1.165) is 48.0 Å². The molecule has 2 nitrogen and oxygen atoms in total. The summed E-state index contributed by atoms with van der Waals surface area (Å²) in [5.74, 6) is 0.622. The minimum atomic E-state index is -0.205. The van der Waals surface area contributed by atoms with Gasteiger partial charge >= 0.3 is 0 Å². The van der Waals surface area contributed by atoms with Crippen LogP contribution in [-0.4, -0.2) is 12.6 Å². The van der Waals surface area contributed by atoms with Gasteiger partial charge in [-0.3, -0.25) is 0 Å². The van der Waals surface area contributed by atoms with E-state index in [-0.39, 0.29) is 11.9 Å². The largest absolute Gasteiger partial charge is 0.489 e. The molecule has 0 radical (unpaired) electrons. The fraction of sp³-hybridized carbons (Fsp3) is 0.538. The average Bonchev–Trinajstić information content (AvgIpc) is 2.93. The molecule has 17 heavy (non-hydrogen) atoms. The first-order chi connectivity index (χ1) is 8.24. The molecule has 0 bridgehead atoms. The molecular formula is C13H15BrFNO. The van der Waals surface area contributed by atoms with Gasteiger partial charge < -0.3 is 10.1 Å². The SMILES string of the molecule is Fc1cc(Br)c(OC2CC2)c(C2CCCN2)c1. The zero-order valence-corrected chi connectivity index (χ0v) is 11.1. The number of hydrogen-bond acceptors (Lipinski definition) is 2. The Morgan fingerprint density at radius 2 is 2.12 bits per heavy atom. The lowest BCUT2D eigenvalue weighted by molar-refractivity contribution is 0.294. The van der Waals surface area contributed by atoms with Gasteiger partial charge in [-0.15, -0.1) is 0 Å². The Hall–Kier alpha value is -0.610. The highest BCUT2D eigenvalue weighted by Crippen LogP contribution is 2.40. The van der Waals surface area contributed by atoms with Crippen molar-refractivity contribution in [3.63, 3.8) is 0 Å². The van der Waals surface area contributed by atoms with E-state index in [1.54, 1.807) is 6.07 Å². The highest BCUT2D eigenvalue weighted by molar-refractivity contribution is 9.10. The molecular weight excluding hydrogens is 285 g/mol. The molecule has 1 aliphatic carbocycles. The molecule has 1 saturated carbocycles. The maximum absolute atomic E-state index is 13.5. The van der Waals surface area contributed by atoms with Crippen LogP contribution in [0, 0.1) is 5.82 Å². The third-order valence-electron chi connectivity index (χ3n) is 3.28. The quantitative estimate of drug-likeness (QED) is 0.921. The molecule has 2 aliphatic rings. The summed E-state index contributed by atoms with van der Waals surface area (Å²) in [6, 6.07) is 3.32. The summed E-state index contributed by atoms with van der Waals surface area (Å²) < 4.78 is 20.1. The Morgan fingerprint density at radius 3 is 2.76 bits per heavy atom. The molecule has 1 heterocycles. The van der Waals surface area contributed by atoms with Crippen LogP contribution in [0.1, 0.15) is 37.3 Å². The van der Waals surface area contributed by atoms with Gasteiger partial charge in [0.2, 0.25) is 0 Å². The van der Waals surface area contributed by atoms with E-state index in [1.807, 2.05) is 0 Å². The zero-order chi connectivity index (χ0) is 11.8. The molecule has 3 rings (SSSR count).